The van der Waals surface area contributed by atoms with Gasteiger partial charge in [-0.15, -0.1) is 11.3 Å². The maximum Gasteiger partial charge on any atom is 0.127 e. The van der Waals surface area contributed by atoms with Crippen LogP contribution in [0.4, 0.5) is 0 Å². The van der Waals surface area contributed by atoms with Gasteiger partial charge in [-0.05, 0) is 37.1 Å². The van der Waals surface area contributed by atoms with Gasteiger partial charge in [0.2, 0.25) is 0 Å². The van der Waals surface area contributed by atoms with Gasteiger partial charge in [-0.2, -0.15) is 0 Å². The summed E-state index contributed by atoms with van der Waals surface area (Å²) in [6, 6.07) is 7.85. The maximum absolute atomic E-state index is 6.00. The quantitative estimate of drug-likeness (QED) is 0.670. The molecule has 2 aromatic rings. The first-order chi connectivity index (χ1) is 9.08. The van der Waals surface area contributed by atoms with Gasteiger partial charge in [0, 0.05) is 10.4 Å². The van der Waals surface area contributed by atoms with Crippen LogP contribution in [-0.2, 0) is 0 Å². The van der Waals surface area contributed by atoms with Gasteiger partial charge in [-0.1, -0.05) is 23.7 Å². The number of aryl methyl sites for hydroxylation is 1. The van der Waals surface area contributed by atoms with Crippen LogP contribution in [0.1, 0.15) is 27.6 Å². The Hall–Kier alpha value is -1.07. The molecule has 0 spiro atoms. The van der Waals surface area contributed by atoms with Crippen molar-refractivity contribution in [3.8, 4) is 5.75 Å². The van der Waals surface area contributed by atoms with Crippen molar-refractivity contribution in [2.75, 3.05) is 7.11 Å². The van der Waals surface area contributed by atoms with Crippen LogP contribution < -0.4 is 16.0 Å². The summed E-state index contributed by atoms with van der Waals surface area (Å²) in [7, 11) is 1.68. The lowest BCUT2D eigenvalue weighted by molar-refractivity contribution is 0.401. The van der Waals surface area contributed by atoms with E-state index in [9.17, 15) is 0 Å². The van der Waals surface area contributed by atoms with Crippen LogP contribution in [0.2, 0.25) is 4.34 Å². The third-order valence-corrected chi connectivity index (χ3v) is 4.56. The van der Waals surface area contributed by atoms with E-state index in [-0.39, 0.29) is 6.04 Å². The lowest BCUT2D eigenvalue weighted by Crippen LogP contribution is -2.28. The number of ether oxygens (including phenoxy) is 1. The maximum atomic E-state index is 6.00. The number of hydrazine groups is 1. The molecule has 0 saturated heterocycles. The van der Waals surface area contributed by atoms with Gasteiger partial charge in [-0.25, -0.2) is 5.43 Å². The van der Waals surface area contributed by atoms with Crippen molar-refractivity contribution in [3.63, 3.8) is 0 Å². The van der Waals surface area contributed by atoms with E-state index in [2.05, 4.69) is 18.4 Å². The highest BCUT2D eigenvalue weighted by atomic mass is 35.5. The first-order valence-corrected chi connectivity index (χ1v) is 7.13. The number of hydrogen-bond donors (Lipinski definition) is 2. The molecule has 1 unspecified atom stereocenters. The zero-order valence-electron chi connectivity index (χ0n) is 11.2. The van der Waals surface area contributed by atoms with Crippen molar-refractivity contribution >= 4 is 22.9 Å². The van der Waals surface area contributed by atoms with Gasteiger partial charge in [0.1, 0.15) is 5.75 Å². The predicted octanol–water partition coefficient (Wildman–Crippen LogP) is 3.58. The van der Waals surface area contributed by atoms with Crippen molar-refractivity contribution < 1.29 is 4.74 Å². The summed E-state index contributed by atoms with van der Waals surface area (Å²) in [6.45, 7) is 4.11. The van der Waals surface area contributed by atoms with Crippen molar-refractivity contribution in [2.45, 2.75) is 19.9 Å². The lowest BCUT2D eigenvalue weighted by atomic mass is 9.98. The number of nitrogens with two attached hydrogens (primary N) is 1. The normalized spacial score (nSPS) is 12.5. The topological polar surface area (TPSA) is 47.3 Å². The summed E-state index contributed by atoms with van der Waals surface area (Å²) in [5.41, 5.74) is 6.18. The number of thiophene rings is 1. The third-order valence-electron chi connectivity index (χ3n) is 3.27. The smallest absolute Gasteiger partial charge is 0.127 e. The van der Waals surface area contributed by atoms with Crippen LogP contribution in [0.15, 0.2) is 24.3 Å². The third kappa shape index (κ3) is 2.77. The highest BCUT2D eigenvalue weighted by Crippen LogP contribution is 2.37. The molecule has 1 aromatic carbocycles. The fourth-order valence-corrected chi connectivity index (χ4v) is 3.26. The van der Waals surface area contributed by atoms with Crippen LogP contribution in [0.5, 0.6) is 5.75 Å². The second kappa shape index (κ2) is 5.92. The first kappa shape index (κ1) is 14.3. The molecule has 0 aliphatic carbocycles. The predicted molar refractivity (Wildman–Crippen MR) is 81.0 cm³/mol. The minimum atomic E-state index is -0.119. The molecule has 2 rings (SSSR count). The van der Waals surface area contributed by atoms with Gasteiger partial charge in [0.05, 0.1) is 17.5 Å². The molecule has 102 valence electrons. The Morgan fingerprint density at radius 2 is 2.00 bits per heavy atom. The van der Waals surface area contributed by atoms with Gasteiger partial charge < -0.3 is 4.74 Å². The van der Waals surface area contributed by atoms with E-state index in [0.717, 1.165) is 26.1 Å². The van der Waals surface area contributed by atoms with Gasteiger partial charge in [0.25, 0.3) is 0 Å². The Balaban J connectivity index is 2.52. The van der Waals surface area contributed by atoms with Gasteiger partial charge in [0.15, 0.2) is 0 Å². The molecular formula is C14H17ClN2OS. The zero-order chi connectivity index (χ0) is 14.0. The molecular weight excluding hydrogens is 280 g/mol. The van der Waals surface area contributed by atoms with Gasteiger partial charge in [-0.3, -0.25) is 5.84 Å². The summed E-state index contributed by atoms with van der Waals surface area (Å²) in [4.78, 5) is 1.06. The highest BCUT2D eigenvalue weighted by molar-refractivity contribution is 7.16. The van der Waals surface area contributed by atoms with Crippen LogP contribution >= 0.6 is 22.9 Å². The SMILES string of the molecule is COc1c(C(NN)c2ccc(Cl)s2)ccc(C)c1C. The molecule has 0 aliphatic heterocycles. The molecule has 5 heteroatoms. The molecule has 0 fully saturated rings. The monoisotopic (exact) mass is 296 g/mol. The summed E-state index contributed by atoms with van der Waals surface area (Å²) < 4.78 is 6.29. The summed E-state index contributed by atoms with van der Waals surface area (Å²) in [5, 5.41) is 0. The average Bonchev–Trinajstić information content (AvgIpc) is 2.81. The number of halogens is 1. The molecule has 0 aliphatic rings. The van der Waals surface area contributed by atoms with Crippen LogP contribution in [0.3, 0.4) is 0 Å². The summed E-state index contributed by atoms with van der Waals surface area (Å²) >= 11 is 7.51. The van der Waals surface area contributed by atoms with Crippen molar-refractivity contribution in [1.82, 2.24) is 5.43 Å². The van der Waals surface area contributed by atoms with Crippen molar-refractivity contribution in [3.05, 3.63) is 50.2 Å². The standard InChI is InChI=1S/C14H17ClN2OS/c1-8-4-5-10(14(18-3)9(8)2)13(17-16)11-6-7-12(15)19-11/h4-7,13,17H,16H2,1-3H3. The largest absolute Gasteiger partial charge is 0.496 e. The minimum absolute atomic E-state index is 0.119. The highest BCUT2D eigenvalue weighted by Gasteiger charge is 2.20. The second-order valence-electron chi connectivity index (χ2n) is 4.37. The van der Waals surface area contributed by atoms with E-state index in [1.165, 1.54) is 16.9 Å². The Bertz CT molecular complexity index is 583. The molecule has 3 nitrogen and oxygen atoms in total. The van der Waals surface area contributed by atoms with E-state index >= 15 is 0 Å². The van der Waals surface area contributed by atoms with Crippen LogP contribution in [-0.4, -0.2) is 7.11 Å². The van der Waals surface area contributed by atoms with Crippen LogP contribution in [0, 0.1) is 13.8 Å². The second-order valence-corrected chi connectivity index (χ2v) is 6.12. The fourth-order valence-electron chi connectivity index (χ4n) is 2.12. The van der Waals surface area contributed by atoms with Crippen molar-refractivity contribution in [2.24, 2.45) is 5.84 Å². The molecule has 0 radical (unpaired) electrons. The first-order valence-electron chi connectivity index (χ1n) is 5.94. The summed E-state index contributed by atoms with van der Waals surface area (Å²) in [5.74, 6) is 6.58. The lowest BCUT2D eigenvalue weighted by Gasteiger charge is -2.20. The number of rotatable bonds is 4. The number of nitrogens with one attached hydrogen (secondary N) is 1. The molecule has 0 bridgehead atoms. The van der Waals surface area contributed by atoms with E-state index in [4.69, 9.17) is 22.2 Å². The average molecular weight is 297 g/mol. The van der Waals surface area contributed by atoms with E-state index in [1.807, 2.05) is 25.1 Å². The van der Waals surface area contributed by atoms with Crippen molar-refractivity contribution in [1.29, 1.82) is 0 Å². The number of methoxy groups -OCH3 is 1. The molecule has 1 atom stereocenters. The number of hydrogen-bond acceptors (Lipinski definition) is 4. The molecule has 0 saturated carbocycles. The van der Waals surface area contributed by atoms with Crippen LogP contribution in [0.25, 0.3) is 0 Å². The fraction of sp³-hybridized carbons (Fsp3) is 0.286. The van der Waals surface area contributed by atoms with E-state index < -0.39 is 0 Å². The van der Waals surface area contributed by atoms with Gasteiger partial charge >= 0.3 is 0 Å². The minimum Gasteiger partial charge on any atom is -0.496 e. The Labute approximate surface area is 122 Å². The van der Waals surface area contributed by atoms with E-state index in [1.54, 1.807) is 7.11 Å². The zero-order valence-corrected chi connectivity index (χ0v) is 12.7. The molecule has 1 aromatic heterocycles. The summed E-state index contributed by atoms with van der Waals surface area (Å²) in [6.07, 6.45) is 0. The molecule has 1 heterocycles. The Morgan fingerprint density at radius 1 is 1.26 bits per heavy atom. The Morgan fingerprint density at radius 3 is 2.53 bits per heavy atom. The molecule has 0 amide bonds. The number of benzene rings is 1. The molecule has 3 N–H and O–H groups in total. The van der Waals surface area contributed by atoms with E-state index in [0.29, 0.717) is 0 Å². The molecule has 19 heavy (non-hydrogen) atoms. The Kier molecular flexibility index (Phi) is 4.47.